The number of fused-ring (bicyclic) bond motifs is 1. The molecule has 5 nitrogen and oxygen atoms in total. The van der Waals surface area contributed by atoms with Gasteiger partial charge in [-0.2, -0.15) is 0 Å². The zero-order valence-electron chi connectivity index (χ0n) is 11.5. The normalized spacial score (nSPS) is 21.4. The molecule has 1 aromatic carbocycles. The topological polar surface area (TPSA) is 49.9 Å². The largest absolute Gasteiger partial charge is 0.436 e. The maximum absolute atomic E-state index is 11.7. The lowest BCUT2D eigenvalue weighted by Gasteiger charge is -2.20. The van der Waals surface area contributed by atoms with Crippen LogP contribution < -0.4 is 4.90 Å². The Balaban J connectivity index is 1.54. The number of nitrogens with zero attached hydrogens (tertiary/aromatic N) is 2. The summed E-state index contributed by atoms with van der Waals surface area (Å²) in [4.78, 5) is 26.7. The lowest BCUT2D eigenvalue weighted by atomic mass is 10.2. The highest BCUT2D eigenvalue weighted by Crippen LogP contribution is 2.27. The summed E-state index contributed by atoms with van der Waals surface area (Å²) in [6.45, 7) is 3.90. The van der Waals surface area contributed by atoms with E-state index in [1.165, 1.54) is 16.2 Å². The Morgan fingerprint density at radius 2 is 2.05 bits per heavy atom. The van der Waals surface area contributed by atoms with Crippen LogP contribution in [0.2, 0.25) is 0 Å². The minimum atomic E-state index is -0.630. The highest BCUT2D eigenvalue weighted by molar-refractivity contribution is 5.99. The number of hydrogen-bond donors (Lipinski definition) is 0. The molecule has 2 heterocycles. The first-order valence-corrected chi connectivity index (χ1v) is 7.01. The van der Waals surface area contributed by atoms with Crippen molar-refractivity contribution in [2.75, 3.05) is 24.5 Å². The van der Waals surface area contributed by atoms with E-state index in [0.717, 1.165) is 25.9 Å². The zero-order valence-corrected chi connectivity index (χ0v) is 11.5. The monoisotopic (exact) mass is 274 g/mol. The van der Waals surface area contributed by atoms with Gasteiger partial charge < -0.3 is 9.64 Å². The number of imide groups is 1. The molecule has 0 spiro atoms. The third kappa shape index (κ3) is 2.24. The molecule has 2 aliphatic heterocycles. The van der Waals surface area contributed by atoms with Crippen molar-refractivity contribution in [3.05, 3.63) is 29.8 Å². The summed E-state index contributed by atoms with van der Waals surface area (Å²) in [5.74, 6) is -0.225. The fourth-order valence-corrected chi connectivity index (χ4v) is 2.83. The SMILES string of the molecule is CC1OC(=O)N(CCCN2CCc3ccccc32)C1=O. The first-order valence-electron chi connectivity index (χ1n) is 7.01. The van der Waals surface area contributed by atoms with Gasteiger partial charge >= 0.3 is 6.09 Å². The maximum atomic E-state index is 11.7. The van der Waals surface area contributed by atoms with Crippen LogP contribution in [0.1, 0.15) is 18.9 Å². The van der Waals surface area contributed by atoms with Gasteiger partial charge in [0.15, 0.2) is 6.10 Å². The molecule has 1 atom stereocenters. The van der Waals surface area contributed by atoms with Gasteiger partial charge in [-0.05, 0) is 31.4 Å². The number of cyclic esters (lactones) is 1. The van der Waals surface area contributed by atoms with Crippen LogP contribution in [-0.4, -0.2) is 42.6 Å². The van der Waals surface area contributed by atoms with Crippen molar-refractivity contribution in [3.8, 4) is 0 Å². The fourth-order valence-electron chi connectivity index (χ4n) is 2.83. The standard InChI is InChI=1S/C15H18N2O3/c1-11-14(18)17(15(19)20-11)9-4-8-16-10-7-12-5-2-3-6-13(12)16/h2-3,5-6,11H,4,7-10H2,1H3. The second kappa shape index (κ2) is 5.15. The van der Waals surface area contributed by atoms with Crippen molar-refractivity contribution in [1.29, 1.82) is 0 Å². The average molecular weight is 274 g/mol. The molecular formula is C15H18N2O3. The van der Waals surface area contributed by atoms with E-state index in [1.54, 1.807) is 6.92 Å². The summed E-state index contributed by atoms with van der Waals surface area (Å²) in [5.41, 5.74) is 2.65. The summed E-state index contributed by atoms with van der Waals surface area (Å²) in [7, 11) is 0. The highest BCUT2D eigenvalue weighted by atomic mass is 16.6. The highest BCUT2D eigenvalue weighted by Gasteiger charge is 2.37. The van der Waals surface area contributed by atoms with Crippen molar-refractivity contribution in [2.24, 2.45) is 0 Å². The number of carbonyl (C=O) groups is 2. The predicted octanol–water partition coefficient (Wildman–Crippen LogP) is 1.81. The minimum absolute atomic E-state index is 0.225. The van der Waals surface area contributed by atoms with E-state index >= 15 is 0 Å². The van der Waals surface area contributed by atoms with Gasteiger partial charge in [0.25, 0.3) is 5.91 Å². The molecule has 0 aromatic heterocycles. The maximum Gasteiger partial charge on any atom is 0.417 e. The zero-order chi connectivity index (χ0) is 14.1. The smallest absolute Gasteiger partial charge is 0.417 e. The molecule has 106 valence electrons. The number of carbonyl (C=O) groups excluding carboxylic acids is 2. The van der Waals surface area contributed by atoms with Crippen molar-refractivity contribution < 1.29 is 14.3 Å². The summed E-state index contributed by atoms with van der Waals surface area (Å²) >= 11 is 0. The third-order valence-corrected chi connectivity index (χ3v) is 3.90. The van der Waals surface area contributed by atoms with Crippen LogP contribution in [0.3, 0.4) is 0 Å². The van der Waals surface area contributed by atoms with Gasteiger partial charge in [0.05, 0.1) is 0 Å². The molecule has 1 aromatic rings. The molecule has 3 rings (SSSR count). The molecule has 1 unspecified atom stereocenters. The summed E-state index contributed by atoms with van der Waals surface area (Å²) in [6, 6.07) is 8.38. The summed E-state index contributed by atoms with van der Waals surface area (Å²) in [5, 5.41) is 0. The van der Waals surface area contributed by atoms with Gasteiger partial charge in [-0.15, -0.1) is 0 Å². The Labute approximate surface area is 118 Å². The Morgan fingerprint density at radius 3 is 2.80 bits per heavy atom. The number of benzene rings is 1. The Hall–Kier alpha value is -2.04. The van der Waals surface area contributed by atoms with Crippen molar-refractivity contribution >= 4 is 17.7 Å². The Kier molecular flexibility index (Phi) is 3.34. The molecule has 20 heavy (non-hydrogen) atoms. The number of hydrogen-bond acceptors (Lipinski definition) is 4. The third-order valence-electron chi connectivity index (χ3n) is 3.90. The Morgan fingerprint density at radius 1 is 1.25 bits per heavy atom. The van der Waals surface area contributed by atoms with E-state index in [1.807, 2.05) is 6.07 Å². The molecule has 0 radical (unpaired) electrons. The van der Waals surface area contributed by atoms with Crippen LogP contribution in [0.5, 0.6) is 0 Å². The summed E-state index contributed by atoms with van der Waals surface area (Å²) in [6.07, 6.45) is 0.694. The summed E-state index contributed by atoms with van der Waals surface area (Å²) < 4.78 is 4.89. The van der Waals surface area contributed by atoms with Gasteiger partial charge in [-0.3, -0.25) is 4.79 Å². The molecule has 0 saturated carbocycles. The van der Waals surface area contributed by atoms with Crippen LogP contribution in [0.25, 0.3) is 0 Å². The van der Waals surface area contributed by atoms with E-state index < -0.39 is 12.2 Å². The van der Waals surface area contributed by atoms with Gasteiger partial charge in [0, 0.05) is 25.3 Å². The fraction of sp³-hybridized carbons (Fsp3) is 0.467. The van der Waals surface area contributed by atoms with Crippen LogP contribution in [0.4, 0.5) is 10.5 Å². The van der Waals surface area contributed by atoms with Crippen LogP contribution in [0.15, 0.2) is 24.3 Å². The van der Waals surface area contributed by atoms with Gasteiger partial charge in [-0.1, -0.05) is 18.2 Å². The van der Waals surface area contributed by atoms with Crippen LogP contribution >= 0.6 is 0 Å². The number of ether oxygens (including phenoxy) is 1. The second-order valence-corrected chi connectivity index (χ2v) is 5.24. The van der Waals surface area contributed by atoms with E-state index in [-0.39, 0.29) is 5.91 Å². The number of anilines is 1. The molecule has 1 saturated heterocycles. The van der Waals surface area contributed by atoms with E-state index in [0.29, 0.717) is 6.54 Å². The lowest BCUT2D eigenvalue weighted by Crippen LogP contribution is -2.34. The van der Waals surface area contributed by atoms with Gasteiger partial charge in [-0.25, -0.2) is 9.69 Å². The molecule has 2 aliphatic rings. The molecular weight excluding hydrogens is 256 g/mol. The van der Waals surface area contributed by atoms with Crippen molar-refractivity contribution in [1.82, 2.24) is 4.90 Å². The Bertz CT molecular complexity index is 544. The van der Waals surface area contributed by atoms with E-state index in [9.17, 15) is 9.59 Å². The van der Waals surface area contributed by atoms with Crippen molar-refractivity contribution in [3.63, 3.8) is 0 Å². The molecule has 1 fully saturated rings. The van der Waals surface area contributed by atoms with Crippen LogP contribution in [0, 0.1) is 0 Å². The minimum Gasteiger partial charge on any atom is -0.436 e. The van der Waals surface area contributed by atoms with Gasteiger partial charge in [0.2, 0.25) is 0 Å². The number of para-hydroxylation sites is 1. The number of rotatable bonds is 4. The molecule has 0 bridgehead atoms. The van der Waals surface area contributed by atoms with Crippen molar-refractivity contribution in [2.45, 2.75) is 25.9 Å². The quantitative estimate of drug-likeness (QED) is 0.840. The average Bonchev–Trinajstić information content (AvgIpc) is 2.95. The molecule has 2 amide bonds. The first-order chi connectivity index (χ1) is 9.66. The van der Waals surface area contributed by atoms with Gasteiger partial charge in [0.1, 0.15) is 0 Å². The molecule has 0 N–H and O–H groups in total. The van der Waals surface area contributed by atoms with Crippen LogP contribution in [-0.2, 0) is 16.0 Å². The predicted molar refractivity (Wildman–Crippen MR) is 74.6 cm³/mol. The number of amides is 2. The van der Waals surface area contributed by atoms with E-state index in [4.69, 9.17) is 4.74 Å². The van der Waals surface area contributed by atoms with E-state index in [2.05, 4.69) is 23.1 Å². The molecule has 5 heteroatoms. The molecule has 0 aliphatic carbocycles. The lowest BCUT2D eigenvalue weighted by molar-refractivity contribution is -0.129. The second-order valence-electron chi connectivity index (χ2n) is 5.24. The first kappa shape index (κ1) is 13.0.